The summed E-state index contributed by atoms with van der Waals surface area (Å²) in [5.74, 6) is 1.63. The second-order valence-corrected chi connectivity index (χ2v) is 9.91. The Balaban J connectivity index is 1.26. The Bertz CT molecular complexity index is 1250. The molecule has 2 heterocycles. The van der Waals surface area contributed by atoms with Gasteiger partial charge in [0.05, 0.1) is 17.6 Å². The zero-order valence-corrected chi connectivity index (χ0v) is 20.9. The summed E-state index contributed by atoms with van der Waals surface area (Å²) in [6.07, 6.45) is 5.47. The quantitative estimate of drug-likeness (QED) is 0.374. The number of amides is 2. The maximum Gasteiger partial charge on any atom is 0.253 e. The first-order valence-corrected chi connectivity index (χ1v) is 12.7. The maximum atomic E-state index is 12.8. The first kappa shape index (κ1) is 24.1. The van der Waals surface area contributed by atoms with Crippen LogP contribution in [0.5, 0.6) is 0 Å². The van der Waals surface area contributed by atoms with Crippen LogP contribution in [0.2, 0.25) is 5.02 Å². The summed E-state index contributed by atoms with van der Waals surface area (Å²) in [6, 6.07) is 14.7. The van der Waals surface area contributed by atoms with Crippen molar-refractivity contribution in [3.63, 3.8) is 0 Å². The number of carbonyl (C=O) groups is 2. The average Bonchev–Trinajstić information content (AvgIpc) is 3.74. The first-order chi connectivity index (χ1) is 17.5. The second-order valence-electron chi connectivity index (χ2n) is 9.50. The van der Waals surface area contributed by atoms with Gasteiger partial charge in [-0.15, -0.1) is 0 Å². The van der Waals surface area contributed by atoms with Crippen LogP contribution in [0.4, 0.5) is 28.8 Å². The lowest BCUT2D eigenvalue weighted by Crippen LogP contribution is -2.37. The molecule has 0 unspecified atom stereocenters. The van der Waals surface area contributed by atoms with Crippen LogP contribution >= 0.6 is 11.6 Å². The fourth-order valence-electron chi connectivity index (χ4n) is 4.14. The van der Waals surface area contributed by atoms with E-state index in [9.17, 15) is 9.59 Å². The van der Waals surface area contributed by atoms with Gasteiger partial charge < -0.3 is 20.9 Å². The van der Waals surface area contributed by atoms with E-state index in [0.29, 0.717) is 39.6 Å². The molecule has 3 aromatic rings. The molecule has 9 heteroatoms. The highest BCUT2D eigenvalue weighted by Gasteiger charge is 2.30. The minimum absolute atomic E-state index is 0.0252. The molecule has 0 spiro atoms. The lowest BCUT2D eigenvalue weighted by molar-refractivity contribution is -0.117. The highest BCUT2D eigenvalue weighted by molar-refractivity contribution is 6.33. The van der Waals surface area contributed by atoms with Gasteiger partial charge in [0.2, 0.25) is 11.9 Å². The summed E-state index contributed by atoms with van der Waals surface area (Å²) in [4.78, 5) is 35.8. The van der Waals surface area contributed by atoms with Crippen LogP contribution in [0.15, 0.2) is 54.7 Å². The fourth-order valence-corrected chi connectivity index (χ4v) is 4.28. The van der Waals surface area contributed by atoms with Crippen molar-refractivity contribution < 1.29 is 9.59 Å². The number of rotatable bonds is 7. The number of carbonyl (C=O) groups excluding carboxylic acids is 2. The number of piperidine rings is 1. The van der Waals surface area contributed by atoms with E-state index < -0.39 is 0 Å². The van der Waals surface area contributed by atoms with Crippen molar-refractivity contribution in [2.75, 3.05) is 29.0 Å². The van der Waals surface area contributed by atoms with Gasteiger partial charge in [0.25, 0.3) is 5.91 Å². The molecule has 0 radical (unpaired) electrons. The molecule has 1 saturated carbocycles. The third kappa shape index (κ3) is 5.76. The standard InChI is InChI=1S/C27H29ClN6O2/c1-17-12-14-34(15-13-17)26(36)19-8-10-20(11-9-19)30-27-29-16-21(28)24(33-27)31-22-4-2-3-5-23(22)32-25(35)18-6-7-18/h2-5,8-11,16-18H,6-7,12-15H2,1H3,(H,32,35)(H2,29,30,31,33). The molecular weight excluding hydrogens is 476 g/mol. The molecule has 2 aliphatic rings. The van der Waals surface area contributed by atoms with Crippen LogP contribution < -0.4 is 16.0 Å². The van der Waals surface area contributed by atoms with Crippen LogP contribution in [-0.2, 0) is 4.79 Å². The lowest BCUT2D eigenvalue weighted by atomic mass is 9.98. The first-order valence-electron chi connectivity index (χ1n) is 12.3. The molecule has 2 fully saturated rings. The van der Waals surface area contributed by atoms with Gasteiger partial charge in [-0.1, -0.05) is 30.7 Å². The van der Waals surface area contributed by atoms with Gasteiger partial charge in [0, 0.05) is 30.3 Å². The molecule has 0 atom stereocenters. The molecule has 2 aromatic carbocycles. The highest BCUT2D eigenvalue weighted by Crippen LogP contribution is 2.33. The van der Waals surface area contributed by atoms with Gasteiger partial charge in [-0.05, 0) is 68.0 Å². The van der Waals surface area contributed by atoms with Gasteiger partial charge in [-0.25, -0.2) is 4.98 Å². The van der Waals surface area contributed by atoms with Crippen LogP contribution in [0.1, 0.15) is 43.0 Å². The minimum Gasteiger partial charge on any atom is -0.339 e. The van der Waals surface area contributed by atoms with Crippen molar-refractivity contribution in [2.45, 2.75) is 32.6 Å². The Morgan fingerprint density at radius 1 is 0.944 bits per heavy atom. The molecule has 5 rings (SSSR count). The van der Waals surface area contributed by atoms with Crippen molar-refractivity contribution in [3.05, 3.63) is 65.3 Å². The fraction of sp³-hybridized carbons (Fsp3) is 0.333. The Morgan fingerprint density at radius 2 is 1.64 bits per heavy atom. The van der Waals surface area contributed by atoms with Crippen molar-refractivity contribution in [3.8, 4) is 0 Å². The molecule has 2 amide bonds. The summed E-state index contributed by atoms with van der Waals surface area (Å²) in [5.41, 5.74) is 2.78. The summed E-state index contributed by atoms with van der Waals surface area (Å²) in [7, 11) is 0. The van der Waals surface area contributed by atoms with Crippen LogP contribution in [0, 0.1) is 11.8 Å². The number of para-hydroxylation sites is 2. The highest BCUT2D eigenvalue weighted by atomic mass is 35.5. The summed E-state index contributed by atoms with van der Waals surface area (Å²) < 4.78 is 0. The van der Waals surface area contributed by atoms with Gasteiger partial charge in [0.1, 0.15) is 5.02 Å². The Kier molecular flexibility index (Phi) is 7.04. The molecule has 8 nitrogen and oxygen atoms in total. The van der Waals surface area contributed by atoms with E-state index in [1.807, 2.05) is 53.4 Å². The van der Waals surface area contributed by atoms with Gasteiger partial charge in [0.15, 0.2) is 5.82 Å². The molecule has 1 saturated heterocycles. The van der Waals surface area contributed by atoms with Crippen molar-refractivity contribution >= 4 is 52.2 Å². The lowest BCUT2D eigenvalue weighted by Gasteiger charge is -2.30. The number of anilines is 5. The number of nitrogens with one attached hydrogen (secondary N) is 3. The Morgan fingerprint density at radius 3 is 2.33 bits per heavy atom. The molecule has 36 heavy (non-hydrogen) atoms. The predicted octanol–water partition coefficient (Wildman–Crippen LogP) is 5.84. The summed E-state index contributed by atoms with van der Waals surface area (Å²) >= 11 is 6.36. The number of likely N-dealkylation sites (tertiary alicyclic amines) is 1. The number of hydrogen-bond acceptors (Lipinski definition) is 6. The zero-order valence-electron chi connectivity index (χ0n) is 20.1. The van der Waals surface area contributed by atoms with Gasteiger partial charge in [-0.3, -0.25) is 9.59 Å². The Labute approximate surface area is 215 Å². The number of nitrogens with zero attached hydrogens (tertiary/aromatic N) is 3. The van der Waals surface area contributed by atoms with Gasteiger partial charge in [-0.2, -0.15) is 4.98 Å². The Hall–Kier alpha value is -3.65. The number of hydrogen-bond donors (Lipinski definition) is 3. The van der Waals surface area contributed by atoms with E-state index in [4.69, 9.17) is 11.6 Å². The van der Waals surface area contributed by atoms with Crippen LogP contribution in [0.25, 0.3) is 0 Å². The third-order valence-electron chi connectivity index (χ3n) is 6.59. The van der Waals surface area contributed by atoms with Crippen LogP contribution in [-0.4, -0.2) is 39.8 Å². The van der Waals surface area contributed by atoms with E-state index in [1.54, 1.807) is 0 Å². The maximum absolute atomic E-state index is 12.8. The molecule has 1 aliphatic carbocycles. The molecule has 3 N–H and O–H groups in total. The second kappa shape index (κ2) is 10.5. The molecule has 1 aliphatic heterocycles. The van der Waals surface area contributed by atoms with Crippen molar-refractivity contribution in [1.82, 2.24) is 14.9 Å². The van der Waals surface area contributed by atoms with E-state index in [1.165, 1.54) is 6.20 Å². The molecular formula is C27H29ClN6O2. The molecule has 1 aromatic heterocycles. The summed E-state index contributed by atoms with van der Waals surface area (Å²) in [5, 5.41) is 9.69. The van der Waals surface area contributed by atoms with Crippen LogP contribution in [0.3, 0.4) is 0 Å². The largest absolute Gasteiger partial charge is 0.339 e. The van der Waals surface area contributed by atoms with E-state index in [2.05, 4.69) is 32.8 Å². The topological polar surface area (TPSA) is 99.3 Å². The SMILES string of the molecule is CC1CCN(C(=O)c2ccc(Nc3ncc(Cl)c(Nc4ccccc4NC(=O)C4CC4)n3)cc2)CC1. The zero-order chi connectivity index (χ0) is 25.1. The molecule has 186 valence electrons. The smallest absolute Gasteiger partial charge is 0.253 e. The van der Waals surface area contributed by atoms with E-state index in [-0.39, 0.29) is 17.7 Å². The third-order valence-corrected chi connectivity index (χ3v) is 6.87. The van der Waals surface area contributed by atoms with Gasteiger partial charge >= 0.3 is 0 Å². The van der Waals surface area contributed by atoms with Crippen molar-refractivity contribution in [1.29, 1.82) is 0 Å². The average molecular weight is 505 g/mol. The molecule has 0 bridgehead atoms. The van der Waals surface area contributed by atoms with E-state index in [0.717, 1.165) is 44.5 Å². The number of aromatic nitrogens is 2. The number of halogens is 1. The monoisotopic (exact) mass is 504 g/mol. The van der Waals surface area contributed by atoms with E-state index >= 15 is 0 Å². The number of benzene rings is 2. The summed E-state index contributed by atoms with van der Waals surface area (Å²) in [6.45, 7) is 3.84. The predicted molar refractivity (Wildman–Crippen MR) is 142 cm³/mol. The normalized spacial score (nSPS) is 15.9. The van der Waals surface area contributed by atoms with Crippen molar-refractivity contribution in [2.24, 2.45) is 11.8 Å². The minimum atomic E-state index is 0.0252.